The van der Waals surface area contributed by atoms with E-state index in [9.17, 15) is 0 Å². The summed E-state index contributed by atoms with van der Waals surface area (Å²) >= 11 is 0. The second kappa shape index (κ2) is 3.97. The Morgan fingerprint density at radius 2 is 1.93 bits per heavy atom. The van der Waals surface area contributed by atoms with Crippen molar-refractivity contribution < 1.29 is 0 Å². The summed E-state index contributed by atoms with van der Waals surface area (Å²) in [6, 6.07) is 0.0700. The molecule has 1 aliphatic carbocycles. The first-order valence-electron chi connectivity index (χ1n) is 5.91. The summed E-state index contributed by atoms with van der Waals surface area (Å²) in [6.45, 7) is 4.30. The van der Waals surface area contributed by atoms with Crippen molar-refractivity contribution in [3.05, 3.63) is 17.2 Å². The Balaban J connectivity index is 2.37. The predicted molar refractivity (Wildman–Crippen MR) is 61.6 cm³/mol. The van der Waals surface area contributed by atoms with Crippen LogP contribution >= 0.6 is 0 Å². The van der Waals surface area contributed by atoms with E-state index in [2.05, 4.69) is 25.5 Å². The third kappa shape index (κ3) is 1.81. The number of hydrogen-bond acceptors (Lipinski definition) is 2. The average Bonchev–Trinajstić information content (AvgIpc) is 2.56. The van der Waals surface area contributed by atoms with Gasteiger partial charge in [-0.05, 0) is 31.6 Å². The van der Waals surface area contributed by atoms with Crippen molar-refractivity contribution in [2.45, 2.75) is 45.6 Å². The van der Waals surface area contributed by atoms with Gasteiger partial charge in [0.25, 0.3) is 0 Å². The van der Waals surface area contributed by atoms with Crippen LogP contribution in [0.1, 0.15) is 49.9 Å². The Morgan fingerprint density at radius 1 is 1.27 bits per heavy atom. The lowest BCUT2D eigenvalue weighted by atomic mass is 10.0. The van der Waals surface area contributed by atoms with Crippen LogP contribution in [0.3, 0.4) is 0 Å². The molecule has 0 aliphatic heterocycles. The summed E-state index contributed by atoms with van der Waals surface area (Å²) in [5, 5.41) is 0. The van der Waals surface area contributed by atoms with Crippen molar-refractivity contribution in [2.75, 3.05) is 0 Å². The van der Waals surface area contributed by atoms with Gasteiger partial charge in [-0.1, -0.05) is 13.8 Å². The minimum absolute atomic E-state index is 0.0700. The number of nitrogens with two attached hydrogens (primary N) is 1. The molecule has 2 N–H and O–H groups in total. The summed E-state index contributed by atoms with van der Waals surface area (Å²) in [5.41, 5.74) is 8.86. The molecule has 0 spiro atoms. The molecule has 0 fully saturated rings. The number of fused-ring (bicyclic) bond motifs is 1. The van der Waals surface area contributed by atoms with E-state index in [-0.39, 0.29) is 6.04 Å². The predicted octanol–water partition coefficient (Wildman–Crippen LogP) is 1.95. The molecule has 15 heavy (non-hydrogen) atoms. The molecule has 1 atom stereocenters. The fourth-order valence-corrected chi connectivity index (χ4v) is 2.30. The standard InChI is InChI=1S/C12H21N3/c1-8(2)11(13)12-14-9-6-4-5-7-10(9)15(12)3/h8,11H,4-7,13H2,1-3H3/t11-/m0/s1. The van der Waals surface area contributed by atoms with E-state index in [1.165, 1.54) is 30.7 Å². The smallest absolute Gasteiger partial charge is 0.126 e. The number of rotatable bonds is 2. The minimum Gasteiger partial charge on any atom is -0.334 e. The topological polar surface area (TPSA) is 43.8 Å². The van der Waals surface area contributed by atoms with Gasteiger partial charge in [0.15, 0.2) is 0 Å². The summed E-state index contributed by atoms with van der Waals surface area (Å²) in [6.07, 6.45) is 4.88. The molecule has 3 heteroatoms. The molecule has 84 valence electrons. The van der Waals surface area contributed by atoms with E-state index in [0.717, 1.165) is 12.2 Å². The number of nitrogens with zero attached hydrogens (tertiary/aromatic N) is 2. The Bertz CT molecular complexity index is 352. The van der Waals surface area contributed by atoms with Gasteiger partial charge in [-0.2, -0.15) is 0 Å². The van der Waals surface area contributed by atoms with E-state index in [1.807, 2.05) is 0 Å². The van der Waals surface area contributed by atoms with E-state index in [4.69, 9.17) is 10.7 Å². The van der Waals surface area contributed by atoms with Gasteiger partial charge in [-0.25, -0.2) is 4.98 Å². The minimum atomic E-state index is 0.0700. The first-order valence-corrected chi connectivity index (χ1v) is 5.91. The SMILES string of the molecule is CC(C)[C@H](N)c1nc2c(n1C)CCCC2. The van der Waals surface area contributed by atoms with Gasteiger partial charge in [-0.15, -0.1) is 0 Å². The molecule has 1 aromatic rings. The molecule has 3 nitrogen and oxygen atoms in total. The zero-order valence-corrected chi connectivity index (χ0v) is 9.95. The molecule has 0 saturated heterocycles. The van der Waals surface area contributed by atoms with Crippen LogP contribution in [0.25, 0.3) is 0 Å². The molecule has 0 bridgehead atoms. The van der Waals surface area contributed by atoms with E-state index in [1.54, 1.807) is 0 Å². The molecule has 2 rings (SSSR count). The van der Waals surface area contributed by atoms with Gasteiger partial charge in [0.1, 0.15) is 5.82 Å². The first kappa shape index (κ1) is 10.7. The quantitative estimate of drug-likeness (QED) is 0.805. The van der Waals surface area contributed by atoms with Gasteiger partial charge < -0.3 is 10.3 Å². The highest BCUT2D eigenvalue weighted by Gasteiger charge is 2.22. The Kier molecular flexibility index (Phi) is 2.83. The highest BCUT2D eigenvalue weighted by atomic mass is 15.1. The molecule has 1 heterocycles. The Labute approximate surface area is 91.7 Å². The van der Waals surface area contributed by atoms with Gasteiger partial charge in [-0.3, -0.25) is 0 Å². The molecule has 0 aromatic carbocycles. The maximum Gasteiger partial charge on any atom is 0.126 e. The van der Waals surface area contributed by atoms with Gasteiger partial charge >= 0.3 is 0 Å². The number of aromatic nitrogens is 2. The monoisotopic (exact) mass is 207 g/mol. The highest BCUT2D eigenvalue weighted by Crippen LogP contribution is 2.25. The zero-order valence-electron chi connectivity index (χ0n) is 9.95. The van der Waals surface area contributed by atoms with Crippen molar-refractivity contribution in [2.24, 2.45) is 18.7 Å². The van der Waals surface area contributed by atoms with Crippen LogP contribution in [0.4, 0.5) is 0 Å². The van der Waals surface area contributed by atoms with Crippen LogP contribution in [0.15, 0.2) is 0 Å². The lowest BCUT2D eigenvalue weighted by Gasteiger charge is -2.16. The third-order valence-corrected chi connectivity index (χ3v) is 3.42. The van der Waals surface area contributed by atoms with Gasteiger partial charge in [0.05, 0.1) is 11.7 Å². The molecule has 0 amide bonds. The first-order chi connectivity index (χ1) is 7.11. The van der Waals surface area contributed by atoms with Gasteiger partial charge in [0.2, 0.25) is 0 Å². The summed E-state index contributed by atoms with van der Waals surface area (Å²) < 4.78 is 2.22. The summed E-state index contributed by atoms with van der Waals surface area (Å²) in [7, 11) is 2.11. The van der Waals surface area contributed by atoms with Crippen LogP contribution in [0.5, 0.6) is 0 Å². The zero-order chi connectivity index (χ0) is 11.0. The number of imidazole rings is 1. The van der Waals surface area contributed by atoms with E-state index in [0.29, 0.717) is 5.92 Å². The third-order valence-electron chi connectivity index (χ3n) is 3.42. The summed E-state index contributed by atoms with van der Waals surface area (Å²) in [5.74, 6) is 1.52. The molecule has 0 saturated carbocycles. The summed E-state index contributed by atoms with van der Waals surface area (Å²) in [4.78, 5) is 4.71. The fraction of sp³-hybridized carbons (Fsp3) is 0.750. The maximum absolute atomic E-state index is 6.17. The van der Waals surface area contributed by atoms with Crippen molar-refractivity contribution in [1.82, 2.24) is 9.55 Å². The number of hydrogen-bond donors (Lipinski definition) is 1. The fourth-order valence-electron chi connectivity index (χ4n) is 2.30. The average molecular weight is 207 g/mol. The lowest BCUT2D eigenvalue weighted by molar-refractivity contribution is 0.475. The molecule has 1 aliphatic rings. The number of aryl methyl sites for hydroxylation is 1. The van der Waals surface area contributed by atoms with Crippen LogP contribution in [-0.2, 0) is 19.9 Å². The van der Waals surface area contributed by atoms with Crippen LogP contribution in [0, 0.1) is 5.92 Å². The Morgan fingerprint density at radius 3 is 2.53 bits per heavy atom. The second-order valence-corrected chi connectivity index (χ2v) is 4.90. The van der Waals surface area contributed by atoms with Crippen LogP contribution in [-0.4, -0.2) is 9.55 Å². The molecular formula is C12H21N3. The van der Waals surface area contributed by atoms with Crippen molar-refractivity contribution in [3.8, 4) is 0 Å². The highest BCUT2D eigenvalue weighted by molar-refractivity contribution is 5.21. The lowest BCUT2D eigenvalue weighted by Crippen LogP contribution is -2.21. The van der Waals surface area contributed by atoms with Crippen molar-refractivity contribution in [1.29, 1.82) is 0 Å². The normalized spacial score (nSPS) is 17.9. The van der Waals surface area contributed by atoms with E-state index >= 15 is 0 Å². The second-order valence-electron chi connectivity index (χ2n) is 4.90. The van der Waals surface area contributed by atoms with Crippen LogP contribution in [0.2, 0.25) is 0 Å². The van der Waals surface area contributed by atoms with Crippen LogP contribution < -0.4 is 5.73 Å². The molecule has 1 aromatic heterocycles. The van der Waals surface area contributed by atoms with E-state index < -0.39 is 0 Å². The maximum atomic E-state index is 6.17. The Hall–Kier alpha value is -0.830. The molecule has 0 radical (unpaired) electrons. The van der Waals surface area contributed by atoms with Gasteiger partial charge in [0, 0.05) is 12.7 Å². The largest absolute Gasteiger partial charge is 0.334 e. The molecule has 0 unspecified atom stereocenters. The van der Waals surface area contributed by atoms with Crippen molar-refractivity contribution >= 4 is 0 Å². The molecular weight excluding hydrogens is 186 g/mol. The van der Waals surface area contributed by atoms with Crippen molar-refractivity contribution in [3.63, 3.8) is 0 Å².